The molecule has 0 atom stereocenters. The smallest absolute Gasteiger partial charge is 0.364 e. The predicted molar refractivity (Wildman–Crippen MR) is 68.8 cm³/mol. The first-order chi connectivity index (χ1) is 8.72. The second-order valence-electron chi connectivity index (χ2n) is 3.47. The summed E-state index contributed by atoms with van der Waals surface area (Å²) in [6.45, 7) is -0.120. The number of rotatable bonds is 3. The van der Waals surface area contributed by atoms with Crippen molar-refractivity contribution in [1.82, 2.24) is 0 Å². The number of alkyl halides is 3. The Labute approximate surface area is 117 Å². The third-order valence-electron chi connectivity index (χ3n) is 2.02. The third kappa shape index (κ3) is 5.28. The van der Waals surface area contributed by atoms with Crippen LogP contribution in [0.4, 0.5) is 18.9 Å². The molecule has 1 aromatic rings. The molecule has 5 N–H and O–H groups in total. The van der Waals surface area contributed by atoms with Crippen molar-refractivity contribution in [1.29, 1.82) is 0 Å². The van der Waals surface area contributed by atoms with Gasteiger partial charge in [0.15, 0.2) is 5.03 Å². The van der Waals surface area contributed by atoms with Crippen molar-refractivity contribution in [2.24, 2.45) is 16.6 Å². The van der Waals surface area contributed by atoms with E-state index in [4.69, 9.17) is 11.5 Å². The van der Waals surface area contributed by atoms with E-state index in [9.17, 15) is 23.3 Å². The second-order valence-corrected chi connectivity index (χ2v) is 3.47. The predicted octanol–water partition coefficient (Wildman–Crippen LogP) is 1.50. The van der Waals surface area contributed by atoms with Gasteiger partial charge < -0.3 is 16.8 Å². The molecule has 0 unspecified atom stereocenters. The molecule has 1 rings (SSSR count). The van der Waals surface area contributed by atoms with Gasteiger partial charge in [0.1, 0.15) is 5.10 Å². The van der Waals surface area contributed by atoms with E-state index >= 15 is 0 Å². The fourth-order valence-electron chi connectivity index (χ4n) is 1.31. The molecule has 0 heterocycles. The number of nitro groups is 1. The zero-order valence-electron chi connectivity index (χ0n) is 9.85. The van der Waals surface area contributed by atoms with Crippen LogP contribution >= 0.6 is 12.4 Å². The molecule has 112 valence electrons. The maximum atomic E-state index is 12.6. The Balaban J connectivity index is 0.00000361. The molecule has 0 radical (unpaired) electrons. The van der Waals surface area contributed by atoms with Crippen LogP contribution in [0, 0.1) is 10.1 Å². The molecule has 1 aromatic carbocycles. The quantitative estimate of drug-likeness (QED) is 0.338. The first-order valence-electron chi connectivity index (χ1n) is 4.89. The highest BCUT2D eigenvalue weighted by atomic mass is 35.5. The van der Waals surface area contributed by atoms with Crippen LogP contribution in [-0.4, -0.2) is 11.0 Å². The minimum atomic E-state index is -4.56. The summed E-state index contributed by atoms with van der Waals surface area (Å²) < 4.78 is 37.8. The van der Waals surface area contributed by atoms with Crippen molar-refractivity contribution in [3.63, 3.8) is 0 Å². The van der Waals surface area contributed by atoms with Gasteiger partial charge in [-0.3, -0.25) is 0 Å². The molecule has 0 spiro atoms. The Morgan fingerprint density at radius 1 is 1.40 bits per heavy atom. The van der Waals surface area contributed by atoms with Crippen LogP contribution in [0.5, 0.6) is 0 Å². The summed E-state index contributed by atoms with van der Waals surface area (Å²) in [5.74, 6) is -0.632. The van der Waals surface area contributed by atoms with Crippen LogP contribution in [-0.2, 0) is 12.7 Å². The molecular formula is C9H11ClF3N5O2. The first kappa shape index (κ1) is 17.9. The van der Waals surface area contributed by atoms with Gasteiger partial charge in [0.25, 0.3) is 5.96 Å². The van der Waals surface area contributed by atoms with Gasteiger partial charge in [-0.25, -0.2) is 10.1 Å². The highest BCUT2D eigenvalue weighted by Crippen LogP contribution is 2.31. The SMILES string of the molecule is Cl.NCc1cc(NC(N)=N[N+](=O)[O-])cc(C(F)(F)F)c1. The van der Waals surface area contributed by atoms with Crippen LogP contribution in [0.3, 0.4) is 0 Å². The third-order valence-corrected chi connectivity index (χ3v) is 2.02. The van der Waals surface area contributed by atoms with Gasteiger partial charge in [-0.1, -0.05) is 0 Å². The van der Waals surface area contributed by atoms with Crippen LogP contribution in [0.2, 0.25) is 0 Å². The van der Waals surface area contributed by atoms with Crippen molar-refractivity contribution < 1.29 is 18.2 Å². The molecule has 0 saturated carbocycles. The Hall–Kier alpha value is -2.07. The summed E-state index contributed by atoms with van der Waals surface area (Å²) in [5, 5.41) is 13.9. The van der Waals surface area contributed by atoms with Crippen LogP contribution in [0.25, 0.3) is 0 Å². The van der Waals surface area contributed by atoms with E-state index in [0.717, 1.165) is 12.1 Å². The maximum Gasteiger partial charge on any atom is 0.416 e. The summed E-state index contributed by atoms with van der Waals surface area (Å²) >= 11 is 0. The zero-order chi connectivity index (χ0) is 14.6. The van der Waals surface area contributed by atoms with Crippen molar-refractivity contribution >= 4 is 24.1 Å². The van der Waals surface area contributed by atoms with Gasteiger partial charge in [0, 0.05) is 12.2 Å². The molecule has 20 heavy (non-hydrogen) atoms. The average Bonchev–Trinajstić information content (AvgIpc) is 2.25. The standard InChI is InChI=1S/C9H10F3N5O2.ClH/c10-9(11,12)6-1-5(4-13)2-7(3-6)15-8(14)16-17(18)19;/h1-3H,4,13H2,(H3,14,15,16);1H. The first-order valence-corrected chi connectivity index (χ1v) is 4.89. The number of anilines is 1. The van der Waals surface area contributed by atoms with E-state index in [1.807, 2.05) is 0 Å². The zero-order valence-corrected chi connectivity index (χ0v) is 10.7. The molecule has 0 aliphatic carbocycles. The number of benzene rings is 1. The monoisotopic (exact) mass is 313 g/mol. The summed E-state index contributed by atoms with van der Waals surface area (Å²) in [7, 11) is 0. The van der Waals surface area contributed by atoms with Gasteiger partial charge in [-0.15, -0.1) is 12.4 Å². The minimum absolute atomic E-state index is 0. The molecule has 0 aromatic heterocycles. The van der Waals surface area contributed by atoms with Crippen molar-refractivity contribution in [3.05, 3.63) is 39.4 Å². The number of hydrogen-bond acceptors (Lipinski definition) is 3. The van der Waals surface area contributed by atoms with Gasteiger partial charge in [-0.05, 0) is 23.8 Å². The Bertz CT molecular complexity index is 521. The summed E-state index contributed by atoms with van der Waals surface area (Å²) in [6.07, 6.45) is -4.56. The molecule has 0 bridgehead atoms. The van der Waals surface area contributed by atoms with E-state index in [-0.39, 0.29) is 30.2 Å². The molecule has 0 fully saturated rings. The Morgan fingerprint density at radius 3 is 2.45 bits per heavy atom. The van der Waals surface area contributed by atoms with E-state index in [1.165, 1.54) is 6.07 Å². The Kier molecular flexibility index (Phi) is 6.20. The van der Waals surface area contributed by atoms with E-state index in [1.54, 1.807) is 0 Å². The van der Waals surface area contributed by atoms with Crippen LogP contribution in [0.15, 0.2) is 23.3 Å². The molecule has 11 heteroatoms. The maximum absolute atomic E-state index is 12.6. The van der Waals surface area contributed by atoms with Crippen molar-refractivity contribution in [2.75, 3.05) is 5.32 Å². The highest BCUT2D eigenvalue weighted by molar-refractivity contribution is 5.91. The lowest BCUT2D eigenvalue weighted by Gasteiger charge is -2.11. The molecule has 0 amide bonds. The summed E-state index contributed by atoms with van der Waals surface area (Å²) in [5.41, 5.74) is 9.60. The lowest BCUT2D eigenvalue weighted by atomic mass is 10.1. The van der Waals surface area contributed by atoms with E-state index in [0.29, 0.717) is 0 Å². The highest BCUT2D eigenvalue weighted by Gasteiger charge is 2.31. The van der Waals surface area contributed by atoms with E-state index in [2.05, 4.69) is 10.4 Å². The molecule has 7 nitrogen and oxygen atoms in total. The molecule has 0 aliphatic rings. The fourth-order valence-corrected chi connectivity index (χ4v) is 1.31. The largest absolute Gasteiger partial charge is 0.416 e. The number of hydrogen-bond donors (Lipinski definition) is 3. The fraction of sp³-hybridized carbons (Fsp3) is 0.222. The lowest BCUT2D eigenvalue weighted by molar-refractivity contribution is -0.485. The number of halogens is 4. The molecular weight excluding hydrogens is 303 g/mol. The summed E-state index contributed by atoms with van der Waals surface area (Å²) in [4.78, 5) is 10.0. The van der Waals surface area contributed by atoms with E-state index < -0.39 is 22.7 Å². The lowest BCUT2D eigenvalue weighted by Crippen LogP contribution is -2.24. The Morgan fingerprint density at radius 2 is 2.00 bits per heavy atom. The second kappa shape index (κ2) is 6.91. The minimum Gasteiger partial charge on any atom is -0.364 e. The summed E-state index contributed by atoms with van der Waals surface area (Å²) in [6, 6.07) is 2.92. The average molecular weight is 314 g/mol. The number of nitrogens with zero attached hydrogens (tertiary/aromatic N) is 2. The number of nitrogens with one attached hydrogen (secondary N) is 1. The number of hydrazone groups is 1. The van der Waals surface area contributed by atoms with Crippen LogP contribution < -0.4 is 16.8 Å². The van der Waals surface area contributed by atoms with Crippen molar-refractivity contribution in [2.45, 2.75) is 12.7 Å². The van der Waals surface area contributed by atoms with Crippen LogP contribution in [0.1, 0.15) is 11.1 Å². The van der Waals surface area contributed by atoms with Gasteiger partial charge in [0.2, 0.25) is 0 Å². The number of guanidine groups is 1. The topological polar surface area (TPSA) is 120 Å². The van der Waals surface area contributed by atoms with Gasteiger partial charge >= 0.3 is 6.18 Å². The molecule has 0 saturated heterocycles. The normalized spacial score (nSPS) is 11.7. The van der Waals surface area contributed by atoms with Gasteiger partial charge in [-0.2, -0.15) is 13.2 Å². The number of nitrogens with two attached hydrogens (primary N) is 2. The van der Waals surface area contributed by atoms with Gasteiger partial charge in [0.05, 0.1) is 5.56 Å². The molecule has 0 aliphatic heterocycles. The van der Waals surface area contributed by atoms with Crippen molar-refractivity contribution in [3.8, 4) is 0 Å².